The molecule has 0 aromatic heterocycles. The Morgan fingerprint density at radius 1 is 1.09 bits per heavy atom. The SMILES string of the molecule is Cc1ccccc1CN(C(=O)COc1ccc(C(C)(C)C)cc1Br)[C@@H](C)C(=O)NC(C)C. The topological polar surface area (TPSA) is 58.6 Å². The zero-order chi connectivity index (χ0) is 24.1. The van der Waals surface area contributed by atoms with Gasteiger partial charge in [0.2, 0.25) is 5.91 Å². The first-order valence-electron chi connectivity index (χ1n) is 11.0. The molecule has 0 unspecified atom stereocenters. The van der Waals surface area contributed by atoms with Gasteiger partial charge in [-0.25, -0.2) is 0 Å². The van der Waals surface area contributed by atoms with E-state index in [1.54, 1.807) is 11.8 Å². The van der Waals surface area contributed by atoms with Crippen molar-refractivity contribution in [3.63, 3.8) is 0 Å². The number of aryl methyl sites for hydroxylation is 1. The molecule has 5 nitrogen and oxygen atoms in total. The molecule has 0 aliphatic carbocycles. The Morgan fingerprint density at radius 3 is 2.31 bits per heavy atom. The van der Waals surface area contributed by atoms with E-state index in [9.17, 15) is 9.59 Å². The maximum absolute atomic E-state index is 13.2. The molecule has 174 valence electrons. The average molecular weight is 503 g/mol. The lowest BCUT2D eigenvalue weighted by molar-refractivity contribution is -0.142. The normalized spacial score (nSPS) is 12.4. The van der Waals surface area contributed by atoms with Crippen LogP contribution in [0.5, 0.6) is 5.75 Å². The van der Waals surface area contributed by atoms with Crippen LogP contribution in [0.25, 0.3) is 0 Å². The van der Waals surface area contributed by atoms with Crippen molar-refractivity contribution in [1.29, 1.82) is 0 Å². The van der Waals surface area contributed by atoms with E-state index in [0.29, 0.717) is 12.3 Å². The van der Waals surface area contributed by atoms with Gasteiger partial charge in [0.1, 0.15) is 11.8 Å². The second kappa shape index (κ2) is 11.0. The van der Waals surface area contributed by atoms with Gasteiger partial charge in [-0.05, 0) is 77.9 Å². The largest absolute Gasteiger partial charge is 0.483 e. The van der Waals surface area contributed by atoms with Crippen molar-refractivity contribution in [2.24, 2.45) is 0 Å². The molecule has 0 spiro atoms. The zero-order valence-corrected chi connectivity index (χ0v) is 21.7. The molecule has 0 saturated carbocycles. The standard InChI is InChI=1S/C26H35BrN2O3/c1-17(2)28-25(31)19(4)29(15-20-11-9-8-10-18(20)3)24(30)16-32-23-13-12-21(14-22(23)27)26(5,6)7/h8-14,17,19H,15-16H2,1-7H3,(H,28,31)/t19-/m0/s1. The highest BCUT2D eigenvalue weighted by Crippen LogP contribution is 2.31. The molecule has 2 aromatic rings. The van der Waals surface area contributed by atoms with E-state index < -0.39 is 6.04 Å². The zero-order valence-electron chi connectivity index (χ0n) is 20.2. The van der Waals surface area contributed by atoms with Crippen LogP contribution in [0.2, 0.25) is 0 Å². The molecular weight excluding hydrogens is 468 g/mol. The van der Waals surface area contributed by atoms with E-state index in [2.05, 4.69) is 42.0 Å². The lowest BCUT2D eigenvalue weighted by Crippen LogP contribution is -2.50. The summed E-state index contributed by atoms with van der Waals surface area (Å²) in [5.41, 5.74) is 3.26. The van der Waals surface area contributed by atoms with Crippen LogP contribution >= 0.6 is 15.9 Å². The molecule has 0 fully saturated rings. The van der Waals surface area contributed by atoms with Crippen molar-refractivity contribution < 1.29 is 14.3 Å². The predicted molar refractivity (Wildman–Crippen MR) is 133 cm³/mol. The average Bonchev–Trinajstić information content (AvgIpc) is 2.70. The molecule has 0 aliphatic rings. The van der Waals surface area contributed by atoms with Gasteiger partial charge < -0.3 is 15.0 Å². The van der Waals surface area contributed by atoms with E-state index in [1.807, 2.05) is 63.2 Å². The second-order valence-electron chi connectivity index (χ2n) is 9.47. The third-order valence-corrected chi connectivity index (χ3v) is 5.97. The Morgan fingerprint density at radius 2 is 1.75 bits per heavy atom. The van der Waals surface area contributed by atoms with Crippen LogP contribution in [0.3, 0.4) is 0 Å². The summed E-state index contributed by atoms with van der Waals surface area (Å²) in [7, 11) is 0. The number of hydrogen-bond donors (Lipinski definition) is 1. The summed E-state index contributed by atoms with van der Waals surface area (Å²) < 4.78 is 6.66. The monoisotopic (exact) mass is 502 g/mol. The fraction of sp³-hybridized carbons (Fsp3) is 0.462. The van der Waals surface area contributed by atoms with Gasteiger partial charge in [0.25, 0.3) is 5.91 Å². The van der Waals surface area contributed by atoms with Crippen LogP contribution in [-0.2, 0) is 21.5 Å². The van der Waals surface area contributed by atoms with Gasteiger partial charge in [-0.1, -0.05) is 51.1 Å². The number of hydrogen-bond acceptors (Lipinski definition) is 3. The van der Waals surface area contributed by atoms with Gasteiger partial charge in [-0.3, -0.25) is 9.59 Å². The van der Waals surface area contributed by atoms with E-state index in [1.165, 1.54) is 5.56 Å². The number of halogens is 1. The number of rotatable bonds is 8. The number of carbonyl (C=O) groups is 2. The smallest absolute Gasteiger partial charge is 0.261 e. The van der Waals surface area contributed by atoms with Gasteiger partial charge in [0.05, 0.1) is 4.47 Å². The molecule has 2 amide bonds. The molecule has 0 bridgehead atoms. The Bertz CT molecular complexity index is 950. The van der Waals surface area contributed by atoms with Crippen LogP contribution in [0.1, 0.15) is 58.2 Å². The second-order valence-corrected chi connectivity index (χ2v) is 10.3. The Kier molecular flexibility index (Phi) is 8.90. The summed E-state index contributed by atoms with van der Waals surface area (Å²) in [6.07, 6.45) is 0. The first kappa shape index (κ1) is 25.9. The van der Waals surface area contributed by atoms with Crippen molar-refractivity contribution in [2.45, 2.75) is 72.5 Å². The molecule has 1 N–H and O–H groups in total. The third-order valence-electron chi connectivity index (χ3n) is 5.35. The van der Waals surface area contributed by atoms with Crippen LogP contribution in [0.15, 0.2) is 46.9 Å². The number of benzene rings is 2. The van der Waals surface area contributed by atoms with Crippen molar-refractivity contribution >= 4 is 27.7 Å². The summed E-state index contributed by atoms with van der Waals surface area (Å²) in [5.74, 6) is 0.172. The molecule has 0 radical (unpaired) electrons. The first-order chi connectivity index (χ1) is 14.9. The van der Waals surface area contributed by atoms with Gasteiger partial charge >= 0.3 is 0 Å². The minimum Gasteiger partial charge on any atom is -0.483 e. The number of nitrogens with zero attached hydrogens (tertiary/aromatic N) is 1. The molecule has 0 saturated heterocycles. The summed E-state index contributed by atoms with van der Waals surface area (Å²) >= 11 is 3.56. The van der Waals surface area contributed by atoms with E-state index in [-0.39, 0.29) is 29.9 Å². The number of nitrogens with one attached hydrogen (secondary N) is 1. The summed E-state index contributed by atoms with van der Waals surface area (Å²) in [5, 5.41) is 2.90. The lowest BCUT2D eigenvalue weighted by atomic mass is 9.87. The molecule has 2 aromatic carbocycles. The van der Waals surface area contributed by atoms with E-state index in [0.717, 1.165) is 15.6 Å². The summed E-state index contributed by atoms with van der Waals surface area (Å²) in [4.78, 5) is 27.5. The summed E-state index contributed by atoms with van der Waals surface area (Å²) in [6, 6.07) is 13.1. The fourth-order valence-corrected chi connectivity index (χ4v) is 3.76. The van der Waals surface area contributed by atoms with Crippen molar-refractivity contribution in [1.82, 2.24) is 10.2 Å². The van der Waals surface area contributed by atoms with Crippen LogP contribution in [-0.4, -0.2) is 35.4 Å². The molecule has 6 heteroatoms. The maximum atomic E-state index is 13.2. The minimum atomic E-state index is -0.625. The predicted octanol–water partition coefficient (Wildman–Crippen LogP) is 5.38. The summed E-state index contributed by atoms with van der Waals surface area (Å²) in [6.45, 7) is 14.2. The van der Waals surface area contributed by atoms with Crippen LogP contribution in [0.4, 0.5) is 0 Å². The highest BCUT2D eigenvalue weighted by Gasteiger charge is 2.27. The van der Waals surface area contributed by atoms with Crippen LogP contribution in [0, 0.1) is 6.92 Å². The highest BCUT2D eigenvalue weighted by atomic mass is 79.9. The fourth-order valence-electron chi connectivity index (χ4n) is 3.27. The third kappa shape index (κ3) is 7.09. The van der Waals surface area contributed by atoms with E-state index >= 15 is 0 Å². The number of carbonyl (C=O) groups excluding carboxylic acids is 2. The minimum absolute atomic E-state index is 0.00565. The molecule has 32 heavy (non-hydrogen) atoms. The molecule has 0 aliphatic heterocycles. The molecule has 2 rings (SSSR count). The molecule has 1 atom stereocenters. The van der Waals surface area contributed by atoms with Gasteiger partial charge in [-0.15, -0.1) is 0 Å². The van der Waals surface area contributed by atoms with Crippen molar-refractivity contribution in [3.05, 3.63) is 63.6 Å². The Hall–Kier alpha value is -2.34. The molecule has 0 heterocycles. The van der Waals surface area contributed by atoms with Crippen LogP contribution < -0.4 is 10.1 Å². The number of amides is 2. The lowest BCUT2D eigenvalue weighted by Gasteiger charge is -2.30. The van der Waals surface area contributed by atoms with Gasteiger partial charge in [-0.2, -0.15) is 0 Å². The van der Waals surface area contributed by atoms with Gasteiger partial charge in [0, 0.05) is 12.6 Å². The van der Waals surface area contributed by atoms with Crippen molar-refractivity contribution in [2.75, 3.05) is 6.61 Å². The first-order valence-corrected chi connectivity index (χ1v) is 11.8. The Labute approximate surface area is 200 Å². The number of ether oxygens (including phenoxy) is 1. The maximum Gasteiger partial charge on any atom is 0.261 e. The van der Waals surface area contributed by atoms with E-state index in [4.69, 9.17) is 4.74 Å². The quantitative estimate of drug-likeness (QED) is 0.527. The Balaban J connectivity index is 2.20. The molecular formula is C26H35BrN2O3. The van der Waals surface area contributed by atoms with Gasteiger partial charge in [0.15, 0.2) is 6.61 Å². The highest BCUT2D eigenvalue weighted by molar-refractivity contribution is 9.10. The van der Waals surface area contributed by atoms with Crippen molar-refractivity contribution in [3.8, 4) is 5.75 Å².